The first-order chi connectivity index (χ1) is 16.2. The van der Waals surface area contributed by atoms with Gasteiger partial charge in [0, 0.05) is 0 Å². The summed E-state index contributed by atoms with van der Waals surface area (Å²) >= 11 is 0. The molecule has 0 fully saturated rings. The number of nitrogens with one attached hydrogen (secondary N) is 1. The molecule has 0 aromatic carbocycles. The Labute approximate surface area is 195 Å². The fourth-order valence-corrected chi connectivity index (χ4v) is 2.12. The Morgan fingerprint density at radius 1 is 1.00 bits per heavy atom. The lowest BCUT2D eigenvalue weighted by Crippen LogP contribution is -2.46. The van der Waals surface area contributed by atoms with Gasteiger partial charge in [-0.2, -0.15) is 0 Å². The number of nitrogens with zero attached hydrogens (tertiary/aromatic N) is 3. The van der Waals surface area contributed by atoms with Gasteiger partial charge in [0.05, 0.1) is 25.8 Å². The topological polar surface area (TPSA) is 331 Å². The number of aliphatic hydroxyl groups excluding tert-OH is 5. The number of nitrogens with two attached hydrogens (primary N) is 1. The molecule has 35 heavy (non-hydrogen) atoms. The molecule has 0 aliphatic heterocycles. The lowest BCUT2D eigenvalue weighted by molar-refractivity contribution is -0.170. The zero-order valence-electron chi connectivity index (χ0n) is 17.7. The number of carbonyl (C=O) groups is 4. The summed E-state index contributed by atoms with van der Waals surface area (Å²) in [6, 6.07) is 0. The maximum atomic E-state index is 10.3. The quantitative estimate of drug-likeness (QED) is 0.134. The molecule has 0 saturated heterocycles. The summed E-state index contributed by atoms with van der Waals surface area (Å²) < 4.78 is 0. The van der Waals surface area contributed by atoms with Gasteiger partial charge in [-0.15, -0.1) is 0 Å². The van der Waals surface area contributed by atoms with Crippen molar-refractivity contribution in [1.29, 1.82) is 0 Å². The molecule has 196 valence electrons. The molecule has 2 aromatic heterocycles. The SMILES string of the molecule is Nc1ncnc2nc[nH]c12.O=C(O)CC(O)(CC(=O)O)C(=O)O.O=C[C@H](O)[C@@H](O)[C@H](O)[C@H](O)CO. The van der Waals surface area contributed by atoms with Gasteiger partial charge in [-0.1, -0.05) is 0 Å². The van der Waals surface area contributed by atoms with Crippen molar-refractivity contribution in [2.24, 2.45) is 0 Å². The van der Waals surface area contributed by atoms with E-state index in [1.807, 2.05) is 0 Å². The van der Waals surface area contributed by atoms with Crippen LogP contribution < -0.4 is 5.73 Å². The van der Waals surface area contributed by atoms with Gasteiger partial charge in [0.15, 0.2) is 23.4 Å². The molecule has 0 unspecified atom stereocenters. The van der Waals surface area contributed by atoms with Crippen LogP contribution in [-0.4, -0.2) is 127 Å². The van der Waals surface area contributed by atoms with Crippen LogP contribution in [0, 0.1) is 0 Å². The third kappa shape index (κ3) is 10.3. The van der Waals surface area contributed by atoms with E-state index in [-0.39, 0.29) is 6.29 Å². The highest BCUT2D eigenvalue weighted by Crippen LogP contribution is 2.15. The van der Waals surface area contributed by atoms with E-state index in [9.17, 15) is 19.2 Å². The maximum Gasteiger partial charge on any atom is 0.336 e. The maximum absolute atomic E-state index is 10.3. The van der Waals surface area contributed by atoms with Crippen LogP contribution in [0.4, 0.5) is 5.82 Å². The normalized spacial score (nSPS) is 14.2. The fraction of sp³-hybridized carbons (Fsp3) is 0.471. The Bertz CT molecular complexity index is 968. The number of hydrogen-bond acceptors (Lipinski definition) is 14. The molecule has 0 bridgehead atoms. The van der Waals surface area contributed by atoms with Crippen LogP contribution in [0.2, 0.25) is 0 Å². The standard InChI is InChI=1S/C6H8O7.C6H12O6.C5H5N5/c7-3(8)1-6(13,5(11)12)2-4(9)10;7-1-3(9)5(11)6(12)4(10)2-8;6-4-3-5(9-1-7-3)10-2-8-4/h13H,1-2H2,(H,7,8)(H,9,10)(H,11,12);1,3-6,8-12H,2H2;1-2H,(H3,6,7,8,9,10)/t;3-,4+,5+,6+;/m.0./s1. The van der Waals surface area contributed by atoms with Crippen LogP contribution in [0.3, 0.4) is 0 Å². The number of aromatic amines is 1. The first-order valence-electron chi connectivity index (χ1n) is 9.27. The van der Waals surface area contributed by atoms with Crippen molar-refractivity contribution in [3.8, 4) is 0 Å². The lowest BCUT2D eigenvalue weighted by Gasteiger charge is -2.22. The molecule has 12 N–H and O–H groups in total. The Morgan fingerprint density at radius 3 is 1.94 bits per heavy atom. The summed E-state index contributed by atoms with van der Waals surface area (Å²) in [7, 11) is 0. The monoisotopic (exact) mass is 507 g/mol. The zero-order chi connectivity index (χ0) is 27.3. The van der Waals surface area contributed by atoms with E-state index in [1.165, 1.54) is 12.7 Å². The molecule has 2 aromatic rings. The largest absolute Gasteiger partial charge is 0.481 e. The number of hydrogen-bond donors (Lipinski definition) is 11. The number of nitrogen functional groups attached to an aromatic ring is 1. The third-order valence-electron chi connectivity index (χ3n) is 3.96. The highest BCUT2D eigenvalue weighted by Gasteiger charge is 2.40. The Hall–Kier alpha value is -3.81. The first kappa shape index (κ1) is 31.2. The Balaban J connectivity index is 0.000000498. The van der Waals surface area contributed by atoms with Crippen LogP contribution in [0.15, 0.2) is 12.7 Å². The molecule has 18 heteroatoms. The molecule has 0 aliphatic carbocycles. The number of aromatic nitrogens is 4. The van der Waals surface area contributed by atoms with Crippen molar-refractivity contribution < 1.29 is 65.1 Å². The second-order valence-electron chi connectivity index (χ2n) is 6.70. The van der Waals surface area contributed by atoms with Crippen molar-refractivity contribution >= 4 is 41.2 Å². The van der Waals surface area contributed by atoms with Crippen LogP contribution >= 0.6 is 0 Å². The predicted octanol–water partition coefficient (Wildman–Crippen LogP) is -4.69. The molecule has 0 spiro atoms. The minimum absolute atomic E-state index is 0.0258. The minimum atomic E-state index is -2.74. The van der Waals surface area contributed by atoms with Crippen LogP contribution in [0.1, 0.15) is 12.8 Å². The zero-order valence-corrected chi connectivity index (χ0v) is 17.7. The third-order valence-corrected chi connectivity index (χ3v) is 3.96. The summed E-state index contributed by atoms with van der Waals surface area (Å²) in [5.41, 5.74) is 4.04. The van der Waals surface area contributed by atoms with Crippen molar-refractivity contribution in [3.63, 3.8) is 0 Å². The van der Waals surface area contributed by atoms with Gasteiger partial charge in [0.2, 0.25) is 0 Å². The van der Waals surface area contributed by atoms with Crippen molar-refractivity contribution in [2.75, 3.05) is 12.3 Å². The molecule has 18 nitrogen and oxygen atoms in total. The lowest BCUT2D eigenvalue weighted by atomic mass is 9.96. The van der Waals surface area contributed by atoms with Gasteiger partial charge in [0.1, 0.15) is 36.3 Å². The molecule has 2 heterocycles. The number of aldehydes is 1. The molecular formula is C17H25N5O13. The second kappa shape index (κ2) is 14.5. The van der Waals surface area contributed by atoms with E-state index in [0.29, 0.717) is 17.0 Å². The number of rotatable bonds is 10. The predicted molar refractivity (Wildman–Crippen MR) is 110 cm³/mol. The average Bonchev–Trinajstić information content (AvgIpc) is 3.27. The number of anilines is 1. The number of carbonyl (C=O) groups excluding carboxylic acids is 1. The van der Waals surface area contributed by atoms with Crippen molar-refractivity contribution in [1.82, 2.24) is 19.9 Å². The number of carboxylic acid groups (broad SMARTS) is 3. The molecule has 2 rings (SSSR count). The smallest absolute Gasteiger partial charge is 0.336 e. The molecule has 0 saturated carbocycles. The molecule has 0 radical (unpaired) electrons. The van der Waals surface area contributed by atoms with Crippen molar-refractivity contribution in [2.45, 2.75) is 42.9 Å². The molecule has 4 atom stereocenters. The first-order valence-corrected chi connectivity index (χ1v) is 9.27. The summed E-state index contributed by atoms with van der Waals surface area (Å²) in [5, 5.41) is 77.3. The van der Waals surface area contributed by atoms with E-state index in [1.54, 1.807) is 0 Å². The minimum Gasteiger partial charge on any atom is -0.481 e. The summed E-state index contributed by atoms with van der Waals surface area (Å²) in [5.74, 6) is -4.59. The molecule has 0 amide bonds. The van der Waals surface area contributed by atoms with E-state index < -0.39 is 67.4 Å². The van der Waals surface area contributed by atoms with Gasteiger partial charge in [-0.05, 0) is 0 Å². The summed E-state index contributed by atoms with van der Waals surface area (Å²) in [4.78, 5) is 54.7. The van der Waals surface area contributed by atoms with E-state index in [0.717, 1.165) is 0 Å². The van der Waals surface area contributed by atoms with E-state index >= 15 is 0 Å². The summed E-state index contributed by atoms with van der Waals surface area (Å²) in [6.45, 7) is -0.760. The number of aliphatic carboxylic acids is 3. The van der Waals surface area contributed by atoms with Gasteiger partial charge in [-0.3, -0.25) is 9.59 Å². The number of aliphatic hydroxyl groups is 6. The van der Waals surface area contributed by atoms with Gasteiger partial charge in [0.25, 0.3) is 0 Å². The Kier molecular flexibility index (Phi) is 12.9. The highest BCUT2D eigenvalue weighted by atomic mass is 16.4. The van der Waals surface area contributed by atoms with Gasteiger partial charge < -0.3 is 61.5 Å². The van der Waals surface area contributed by atoms with Crippen LogP contribution in [0.25, 0.3) is 11.2 Å². The summed E-state index contributed by atoms with van der Waals surface area (Å²) in [6.07, 6.45) is -6.20. The highest BCUT2D eigenvalue weighted by molar-refractivity contribution is 5.88. The fourth-order valence-electron chi connectivity index (χ4n) is 2.12. The second-order valence-corrected chi connectivity index (χ2v) is 6.70. The van der Waals surface area contributed by atoms with Crippen LogP contribution in [0.5, 0.6) is 0 Å². The number of H-pyrrole nitrogens is 1. The van der Waals surface area contributed by atoms with Gasteiger partial charge in [-0.25, -0.2) is 19.7 Å². The van der Waals surface area contributed by atoms with Crippen LogP contribution in [-0.2, 0) is 19.2 Å². The molecule has 0 aliphatic rings. The number of imidazole rings is 1. The molecular weight excluding hydrogens is 482 g/mol. The number of fused-ring (bicyclic) bond motifs is 1. The van der Waals surface area contributed by atoms with Gasteiger partial charge >= 0.3 is 17.9 Å². The van der Waals surface area contributed by atoms with E-state index in [2.05, 4.69) is 19.9 Å². The van der Waals surface area contributed by atoms with Crippen molar-refractivity contribution in [3.05, 3.63) is 12.7 Å². The average molecular weight is 507 g/mol. The Morgan fingerprint density at radius 2 is 1.54 bits per heavy atom. The van der Waals surface area contributed by atoms with E-state index in [4.69, 9.17) is 51.7 Å². The number of carboxylic acids is 3.